The number of nitrogens with zero attached hydrogens (tertiary/aromatic N) is 2. The number of hydrogen-bond donors (Lipinski definition) is 3. The second kappa shape index (κ2) is 8.84. The first-order valence-corrected chi connectivity index (χ1v) is 9.72. The van der Waals surface area contributed by atoms with E-state index < -0.39 is 34.3 Å². The number of pyridine rings is 1. The second-order valence-corrected chi connectivity index (χ2v) is 7.77. The summed E-state index contributed by atoms with van der Waals surface area (Å²) >= 11 is 0. The number of rotatable bonds is 7. The highest BCUT2D eigenvalue weighted by atomic mass is 19.1. The quantitative estimate of drug-likeness (QED) is 0.561. The first-order chi connectivity index (χ1) is 14.7. The number of likely N-dealkylation sites (N-methyl/N-ethyl adjacent to an activating group) is 1. The standard InChI is InChI=1S/C21H24F2N4O4/c1-13-18(29)19(30)16(20(31)25-8-14-3-4-15(22)7-17(14)23)9-27(13)21(5-6-24-10-21)11-26(2)12-28/h3-4,7,9,12,24,29H,5-6,8,10-11H2,1-2H3,(H,25,31). The van der Waals surface area contributed by atoms with Gasteiger partial charge in [0.15, 0.2) is 5.75 Å². The van der Waals surface area contributed by atoms with E-state index in [0.717, 1.165) is 6.07 Å². The fraction of sp³-hybridized carbons (Fsp3) is 0.381. The van der Waals surface area contributed by atoms with Crippen LogP contribution < -0.4 is 16.1 Å². The normalized spacial score (nSPS) is 18.1. The highest BCUT2D eigenvalue weighted by Gasteiger charge is 2.38. The summed E-state index contributed by atoms with van der Waals surface area (Å²) in [4.78, 5) is 37.9. The fourth-order valence-corrected chi connectivity index (χ4v) is 3.93. The second-order valence-electron chi connectivity index (χ2n) is 7.77. The highest BCUT2D eigenvalue weighted by Crippen LogP contribution is 2.29. The number of halogens is 2. The first-order valence-electron chi connectivity index (χ1n) is 9.72. The maximum Gasteiger partial charge on any atom is 0.257 e. The SMILES string of the molecule is Cc1c(O)c(=O)c(C(=O)NCc2ccc(F)cc2F)cn1C1(CN(C)C=O)CCNC1. The molecule has 0 spiro atoms. The van der Waals surface area contributed by atoms with Crippen molar-refractivity contribution in [1.29, 1.82) is 0 Å². The Morgan fingerprint density at radius 1 is 1.42 bits per heavy atom. The highest BCUT2D eigenvalue weighted by molar-refractivity contribution is 5.94. The molecule has 31 heavy (non-hydrogen) atoms. The van der Waals surface area contributed by atoms with Gasteiger partial charge in [-0.15, -0.1) is 0 Å². The molecule has 1 aromatic heterocycles. The van der Waals surface area contributed by atoms with Crippen LogP contribution in [-0.2, 0) is 16.9 Å². The smallest absolute Gasteiger partial charge is 0.257 e. The summed E-state index contributed by atoms with van der Waals surface area (Å²) in [6.07, 6.45) is 2.65. The van der Waals surface area contributed by atoms with Gasteiger partial charge in [0.2, 0.25) is 11.8 Å². The molecule has 1 aliphatic heterocycles. The van der Waals surface area contributed by atoms with Crippen LogP contribution in [0.2, 0.25) is 0 Å². The number of aromatic nitrogens is 1. The fourth-order valence-electron chi connectivity index (χ4n) is 3.93. The van der Waals surface area contributed by atoms with E-state index in [2.05, 4.69) is 10.6 Å². The number of hydrogen-bond acceptors (Lipinski definition) is 5. The molecule has 2 amide bonds. The zero-order valence-corrected chi connectivity index (χ0v) is 17.2. The van der Waals surface area contributed by atoms with Crippen LogP contribution in [0.15, 0.2) is 29.2 Å². The van der Waals surface area contributed by atoms with E-state index in [1.165, 1.54) is 17.2 Å². The molecule has 1 saturated heterocycles. The van der Waals surface area contributed by atoms with E-state index in [-0.39, 0.29) is 23.4 Å². The van der Waals surface area contributed by atoms with E-state index in [0.29, 0.717) is 38.5 Å². The molecule has 1 atom stereocenters. The summed E-state index contributed by atoms with van der Waals surface area (Å²) in [5.74, 6) is -2.93. The van der Waals surface area contributed by atoms with Crippen molar-refractivity contribution >= 4 is 12.3 Å². The third kappa shape index (κ3) is 4.43. The number of carbonyl (C=O) groups excluding carboxylic acids is 2. The van der Waals surface area contributed by atoms with Gasteiger partial charge in [-0.1, -0.05) is 6.07 Å². The Morgan fingerprint density at radius 3 is 2.77 bits per heavy atom. The minimum atomic E-state index is -0.851. The molecule has 8 nitrogen and oxygen atoms in total. The van der Waals surface area contributed by atoms with Crippen LogP contribution >= 0.6 is 0 Å². The predicted molar refractivity (Wildman–Crippen MR) is 109 cm³/mol. The molecule has 2 aromatic rings. The van der Waals surface area contributed by atoms with Crippen molar-refractivity contribution in [2.24, 2.45) is 0 Å². The topological polar surface area (TPSA) is 104 Å². The van der Waals surface area contributed by atoms with Gasteiger partial charge in [-0.2, -0.15) is 0 Å². The van der Waals surface area contributed by atoms with Gasteiger partial charge < -0.3 is 25.2 Å². The van der Waals surface area contributed by atoms with Gasteiger partial charge in [0, 0.05) is 44.5 Å². The minimum absolute atomic E-state index is 0.0514. The summed E-state index contributed by atoms with van der Waals surface area (Å²) in [6.45, 7) is 2.72. The van der Waals surface area contributed by atoms with Crippen LogP contribution in [0.25, 0.3) is 0 Å². The van der Waals surface area contributed by atoms with Crippen molar-refractivity contribution in [1.82, 2.24) is 20.1 Å². The lowest BCUT2D eigenvalue weighted by Gasteiger charge is -2.36. The average Bonchev–Trinajstić information content (AvgIpc) is 3.20. The zero-order valence-electron chi connectivity index (χ0n) is 17.2. The Hall–Kier alpha value is -3.27. The molecular formula is C21H24F2N4O4. The molecule has 0 bridgehead atoms. The number of benzene rings is 1. The molecular weight excluding hydrogens is 410 g/mol. The number of aromatic hydroxyl groups is 1. The average molecular weight is 434 g/mol. The van der Waals surface area contributed by atoms with E-state index in [1.54, 1.807) is 18.5 Å². The molecule has 3 N–H and O–H groups in total. The largest absolute Gasteiger partial charge is 0.503 e. The van der Waals surface area contributed by atoms with Gasteiger partial charge in [0.25, 0.3) is 5.91 Å². The van der Waals surface area contributed by atoms with Crippen molar-refractivity contribution in [3.63, 3.8) is 0 Å². The summed E-state index contributed by atoms with van der Waals surface area (Å²) in [7, 11) is 1.62. The molecule has 3 rings (SSSR count). The minimum Gasteiger partial charge on any atom is -0.503 e. The third-order valence-corrected chi connectivity index (χ3v) is 5.58. The van der Waals surface area contributed by atoms with Crippen molar-refractivity contribution < 1.29 is 23.5 Å². The molecule has 1 aromatic carbocycles. The van der Waals surface area contributed by atoms with Gasteiger partial charge in [-0.25, -0.2) is 8.78 Å². The lowest BCUT2D eigenvalue weighted by atomic mass is 9.95. The maximum absolute atomic E-state index is 13.8. The Bertz CT molecular complexity index is 1060. The van der Waals surface area contributed by atoms with Crippen molar-refractivity contribution in [3.05, 3.63) is 63.1 Å². The van der Waals surface area contributed by atoms with Crippen LogP contribution in [0.1, 0.15) is 28.0 Å². The molecule has 0 radical (unpaired) electrons. The molecule has 0 aliphatic carbocycles. The Balaban J connectivity index is 1.95. The van der Waals surface area contributed by atoms with Crippen molar-refractivity contribution in [3.8, 4) is 5.75 Å². The lowest BCUT2D eigenvalue weighted by Crippen LogP contribution is -2.47. The third-order valence-electron chi connectivity index (χ3n) is 5.58. The Labute approximate surface area is 177 Å². The molecule has 1 fully saturated rings. The van der Waals surface area contributed by atoms with Crippen molar-refractivity contribution in [2.45, 2.75) is 25.4 Å². The number of carbonyl (C=O) groups is 2. The number of amides is 2. The summed E-state index contributed by atoms with van der Waals surface area (Å²) in [5.41, 5.74) is -1.51. The van der Waals surface area contributed by atoms with Crippen LogP contribution in [-0.4, -0.2) is 53.6 Å². The Kier molecular flexibility index (Phi) is 6.40. The van der Waals surface area contributed by atoms with Crippen LogP contribution in [0.3, 0.4) is 0 Å². The van der Waals surface area contributed by atoms with E-state index in [9.17, 15) is 28.3 Å². The predicted octanol–water partition coefficient (Wildman–Crippen LogP) is 0.847. The van der Waals surface area contributed by atoms with Crippen LogP contribution in [0, 0.1) is 18.6 Å². The number of nitrogens with one attached hydrogen (secondary N) is 2. The van der Waals surface area contributed by atoms with Gasteiger partial charge >= 0.3 is 0 Å². The zero-order chi connectivity index (χ0) is 22.8. The molecule has 166 valence electrons. The summed E-state index contributed by atoms with van der Waals surface area (Å²) in [5, 5.41) is 16.1. The molecule has 1 unspecified atom stereocenters. The van der Waals surface area contributed by atoms with E-state index >= 15 is 0 Å². The molecule has 0 saturated carbocycles. The van der Waals surface area contributed by atoms with Crippen LogP contribution in [0.4, 0.5) is 8.78 Å². The van der Waals surface area contributed by atoms with Gasteiger partial charge in [-0.3, -0.25) is 14.4 Å². The van der Waals surface area contributed by atoms with Crippen molar-refractivity contribution in [2.75, 3.05) is 26.7 Å². The molecule has 2 heterocycles. The Morgan fingerprint density at radius 2 is 2.16 bits per heavy atom. The van der Waals surface area contributed by atoms with Gasteiger partial charge in [-0.05, 0) is 26.0 Å². The maximum atomic E-state index is 13.8. The van der Waals surface area contributed by atoms with Crippen LogP contribution in [0.5, 0.6) is 5.75 Å². The monoisotopic (exact) mass is 434 g/mol. The molecule has 1 aliphatic rings. The van der Waals surface area contributed by atoms with E-state index in [4.69, 9.17) is 0 Å². The van der Waals surface area contributed by atoms with Gasteiger partial charge in [0.1, 0.15) is 17.2 Å². The first kappa shape index (κ1) is 22.4. The lowest BCUT2D eigenvalue weighted by molar-refractivity contribution is -0.118. The summed E-state index contributed by atoms with van der Waals surface area (Å²) < 4.78 is 28.5. The van der Waals surface area contributed by atoms with E-state index in [1.807, 2.05) is 0 Å². The molecule has 10 heteroatoms. The summed E-state index contributed by atoms with van der Waals surface area (Å²) in [6, 6.07) is 2.96. The van der Waals surface area contributed by atoms with Gasteiger partial charge in [0.05, 0.1) is 11.2 Å².